The Balaban J connectivity index is 1.86. The first-order chi connectivity index (χ1) is 10.6. The first-order valence-electron chi connectivity index (χ1n) is 6.57. The molecule has 0 radical (unpaired) electrons. The summed E-state index contributed by atoms with van der Waals surface area (Å²) in [4.78, 5) is 30.8. The maximum Gasteiger partial charge on any atom is 0.234 e. The quantitative estimate of drug-likeness (QED) is 0.672. The highest BCUT2D eigenvalue weighted by Gasteiger charge is 2.10. The van der Waals surface area contributed by atoms with Crippen molar-refractivity contribution >= 4 is 29.0 Å². The van der Waals surface area contributed by atoms with E-state index in [1.807, 2.05) is 13.0 Å². The van der Waals surface area contributed by atoms with Crippen LogP contribution in [-0.4, -0.2) is 16.8 Å². The molecule has 6 nitrogen and oxygen atoms in total. The van der Waals surface area contributed by atoms with Gasteiger partial charge in [-0.25, -0.2) is 9.83 Å². The first kappa shape index (κ1) is 15.2. The summed E-state index contributed by atoms with van der Waals surface area (Å²) in [5.41, 5.74) is 2.01. The van der Waals surface area contributed by atoms with Crippen molar-refractivity contribution in [1.29, 1.82) is 0 Å². The molecule has 0 saturated carbocycles. The summed E-state index contributed by atoms with van der Waals surface area (Å²) < 4.78 is 0. The first-order valence-corrected chi connectivity index (χ1v) is 6.57. The summed E-state index contributed by atoms with van der Waals surface area (Å²) in [5, 5.41) is 5.15. The zero-order chi connectivity index (χ0) is 15.9. The van der Waals surface area contributed by atoms with Crippen LogP contribution in [0.2, 0.25) is 0 Å². The van der Waals surface area contributed by atoms with Crippen LogP contribution in [0.5, 0.6) is 0 Å². The number of aromatic nitrogens is 1. The van der Waals surface area contributed by atoms with Crippen LogP contribution in [-0.2, 0) is 9.59 Å². The number of aryl methyl sites for hydroxylation is 1. The Hall–Kier alpha value is -3.20. The molecule has 2 amide bonds. The van der Waals surface area contributed by atoms with E-state index in [-0.39, 0.29) is 6.42 Å². The van der Waals surface area contributed by atoms with E-state index in [0.717, 1.165) is 5.56 Å². The Kier molecular flexibility index (Phi) is 4.83. The Morgan fingerprint density at radius 1 is 1.09 bits per heavy atom. The Labute approximate surface area is 128 Å². The molecule has 1 aromatic carbocycles. The lowest BCUT2D eigenvalue weighted by Gasteiger charge is -2.06. The second-order valence-electron chi connectivity index (χ2n) is 4.65. The van der Waals surface area contributed by atoms with E-state index in [0.29, 0.717) is 17.2 Å². The average Bonchev–Trinajstić information content (AvgIpc) is 2.50. The van der Waals surface area contributed by atoms with Crippen molar-refractivity contribution in [2.45, 2.75) is 13.3 Å². The molecular weight excluding hydrogens is 280 g/mol. The molecule has 22 heavy (non-hydrogen) atoms. The zero-order valence-corrected chi connectivity index (χ0v) is 12.0. The van der Waals surface area contributed by atoms with Gasteiger partial charge in [-0.1, -0.05) is 18.2 Å². The number of hydrogen-bond donors (Lipinski definition) is 2. The summed E-state index contributed by atoms with van der Waals surface area (Å²) in [7, 11) is 0. The fourth-order valence-electron chi connectivity index (χ4n) is 1.70. The monoisotopic (exact) mass is 294 g/mol. The Bertz CT molecular complexity index is 715. The number of amides is 2. The molecule has 0 bridgehead atoms. The minimum Gasteiger partial charge on any atom is -0.326 e. The van der Waals surface area contributed by atoms with Gasteiger partial charge in [0.1, 0.15) is 12.2 Å². The van der Waals surface area contributed by atoms with Crippen molar-refractivity contribution < 1.29 is 9.59 Å². The number of rotatable bonds is 4. The molecule has 2 rings (SSSR count). The van der Waals surface area contributed by atoms with Gasteiger partial charge in [0, 0.05) is 11.9 Å². The molecule has 2 aromatic rings. The Morgan fingerprint density at radius 2 is 1.77 bits per heavy atom. The van der Waals surface area contributed by atoms with E-state index >= 15 is 0 Å². The van der Waals surface area contributed by atoms with Gasteiger partial charge in [0.15, 0.2) is 5.69 Å². The molecule has 0 atom stereocenters. The van der Waals surface area contributed by atoms with Gasteiger partial charge < -0.3 is 10.6 Å². The predicted octanol–water partition coefficient (Wildman–Crippen LogP) is 2.91. The van der Waals surface area contributed by atoms with E-state index in [9.17, 15) is 9.59 Å². The molecule has 0 aliphatic carbocycles. The third-order valence-corrected chi connectivity index (χ3v) is 2.78. The normalized spacial score (nSPS) is 9.64. The van der Waals surface area contributed by atoms with Crippen LogP contribution >= 0.6 is 0 Å². The van der Waals surface area contributed by atoms with E-state index in [1.165, 1.54) is 0 Å². The van der Waals surface area contributed by atoms with Gasteiger partial charge in [0.25, 0.3) is 0 Å². The van der Waals surface area contributed by atoms with Crippen LogP contribution in [0, 0.1) is 13.5 Å². The van der Waals surface area contributed by atoms with Gasteiger partial charge in [-0.15, -0.1) is 0 Å². The molecule has 1 aromatic heterocycles. The van der Waals surface area contributed by atoms with E-state index in [1.54, 1.807) is 36.5 Å². The third-order valence-electron chi connectivity index (χ3n) is 2.78. The number of hydrogen-bond acceptors (Lipinski definition) is 3. The van der Waals surface area contributed by atoms with Gasteiger partial charge in [0.2, 0.25) is 11.8 Å². The standard InChI is InChI=1S/C16H14N4O2/c1-11-3-8-14(18-10-11)20-16(22)9-15(21)19-13-6-4-12(17-2)5-7-13/h3-8,10H,9H2,1H3,(H,19,21)(H,18,20,22). The molecule has 6 heteroatoms. The summed E-state index contributed by atoms with van der Waals surface area (Å²) >= 11 is 0. The number of carbonyl (C=O) groups is 2. The van der Waals surface area contributed by atoms with Gasteiger partial charge in [-0.3, -0.25) is 9.59 Å². The molecular formula is C16H14N4O2. The van der Waals surface area contributed by atoms with E-state index in [4.69, 9.17) is 6.57 Å². The van der Waals surface area contributed by atoms with Gasteiger partial charge in [-0.05, 0) is 30.7 Å². The summed E-state index contributed by atoms with van der Waals surface area (Å²) in [6.45, 7) is 8.74. The van der Waals surface area contributed by atoms with Gasteiger partial charge in [0.05, 0.1) is 6.57 Å². The molecule has 0 aliphatic rings. The molecule has 110 valence electrons. The van der Waals surface area contributed by atoms with Gasteiger partial charge >= 0.3 is 0 Å². The summed E-state index contributed by atoms with van der Waals surface area (Å²) in [6, 6.07) is 9.92. The summed E-state index contributed by atoms with van der Waals surface area (Å²) in [6.07, 6.45) is 1.33. The molecule has 0 fully saturated rings. The smallest absolute Gasteiger partial charge is 0.234 e. The number of anilines is 2. The maximum atomic E-state index is 11.8. The number of carbonyl (C=O) groups excluding carboxylic acids is 2. The molecule has 0 saturated heterocycles. The fraction of sp³-hybridized carbons (Fsp3) is 0.125. The minimum atomic E-state index is -0.438. The fourth-order valence-corrected chi connectivity index (χ4v) is 1.70. The van der Waals surface area contributed by atoms with Gasteiger partial charge in [-0.2, -0.15) is 0 Å². The molecule has 0 spiro atoms. The average molecular weight is 294 g/mol. The third kappa shape index (κ3) is 4.42. The lowest BCUT2D eigenvalue weighted by atomic mass is 10.2. The highest BCUT2D eigenvalue weighted by molar-refractivity contribution is 6.07. The molecule has 2 N–H and O–H groups in total. The second-order valence-corrected chi connectivity index (χ2v) is 4.65. The number of nitrogens with one attached hydrogen (secondary N) is 2. The lowest BCUT2D eigenvalue weighted by molar-refractivity contribution is -0.123. The predicted molar refractivity (Wildman–Crippen MR) is 83.6 cm³/mol. The van der Waals surface area contributed by atoms with Crippen molar-refractivity contribution in [3.05, 3.63) is 59.6 Å². The second kappa shape index (κ2) is 6.99. The van der Waals surface area contributed by atoms with Crippen LogP contribution in [0.3, 0.4) is 0 Å². The molecule has 0 unspecified atom stereocenters. The highest BCUT2D eigenvalue weighted by Crippen LogP contribution is 2.16. The zero-order valence-electron chi connectivity index (χ0n) is 12.0. The maximum absolute atomic E-state index is 11.8. The van der Waals surface area contributed by atoms with E-state index in [2.05, 4.69) is 20.5 Å². The molecule has 1 heterocycles. The van der Waals surface area contributed by atoms with Crippen molar-refractivity contribution in [2.75, 3.05) is 10.6 Å². The van der Waals surface area contributed by atoms with Crippen molar-refractivity contribution in [3.8, 4) is 0 Å². The number of nitrogens with zero attached hydrogens (tertiary/aromatic N) is 2. The van der Waals surface area contributed by atoms with E-state index < -0.39 is 11.8 Å². The van der Waals surface area contributed by atoms with Crippen molar-refractivity contribution in [3.63, 3.8) is 0 Å². The number of pyridine rings is 1. The van der Waals surface area contributed by atoms with Crippen LogP contribution in [0.1, 0.15) is 12.0 Å². The lowest BCUT2D eigenvalue weighted by Crippen LogP contribution is -2.21. The Morgan fingerprint density at radius 3 is 2.36 bits per heavy atom. The van der Waals surface area contributed by atoms with Crippen LogP contribution in [0.15, 0.2) is 42.6 Å². The van der Waals surface area contributed by atoms with Crippen LogP contribution < -0.4 is 10.6 Å². The number of benzene rings is 1. The van der Waals surface area contributed by atoms with Crippen LogP contribution in [0.25, 0.3) is 4.85 Å². The van der Waals surface area contributed by atoms with Crippen molar-refractivity contribution in [1.82, 2.24) is 4.98 Å². The summed E-state index contributed by atoms with van der Waals surface area (Å²) in [5.74, 6) is -0.461. The largest absolute Gasteiger partial charge is 0.326 e. The topological polar surface area (TPSA) is 75.5 Å². The molecule has 0 aliphatic heterocycles. The van der Waals surface area contributed by atoms with Crippen molar-refractivity contribution in [2.24, 2.45) is 0 Å². The minimum absolute atomic E-state index is 0.305. The highest BCUT2D eigenvalue weighted by atomic mass is 16.2. The van der Waals surface area contributed by atoms with Crippen LogP contribution in [0.4, 0.5) is 17.2 Å². The SMILES string of the molecule is [C-]#[N+]c1ccc(NC(=O)CC(=O)Nc2ccc(C)cn2)cc1.